The maximum Gasteiger partial charge on any atom is 0.209 e. The molecule has 1 aromatic carbocycles. The summed E-state index contributed by atoms with van der Waals surface area (Å²) in [6, 6.07) is 13.8. The highest BCUT2D eigenvalue weighted by molar-refractivity contribution is 5.83. The van der Waals surface area contributed by atoms with E-state index in [-0.39, 0.29) is 0 Å². The minimum Gasteiger partial charge on any atom is -0.355 e. The minimum atomic E-state index is 0.488. The number of rotatable bonds is 12. The summed E-state index contributed by atoms with van der Waals surface area (Å²) >= 11 is 0. The molecule has 5 heteroatoms. The van der Waals surface area contributed by atoms with E-state index < -0.39 is 0 Å². The first-order valence-electron chi connectivity index (χ1n) is 11.3. The van der Waals surface area contributed by atoms with Gasteiger partial charge >= 0.3 is 0 Å². The monoisotopic (exact) mass is 415 g/mol. The molecule has 162 valence electrons. The van der Waals surface area contributed by atoms with Crippen LogP contribution >= 0.6 is 0 Å². The van der Waals surface area contributed by atoms with Gasteiger partial charge in [-0.2, -0.15) is 5.26 Å². The lowest BCUT2D eigenvalue weighted by atomic mass is 10.1. The van der Waals surface area contributed by atoms with Crippen molar-refractivity contribution in [3.63, 3.8) is 0 Å². The van der Waals surface area contributed by atoms with E-state index in [2.05, 4.69) is 44.6 Å². The smallest absolute Gasteiger partial charge is 0.209 e. The van der Waals surface area contributed by atoms with Gasteiger partial charge in [0.25, 0.3) is 0 Å². The first kappa shape index (κ1) is 24.0. The molecule has 31 heavy (non-hydrogen) atoms. The Hall–Kier alpha value is -3.31. The molecule has 0 radical (unpaired) electrons. The van der Waals surface area contributed by atoms with Gasteiger partial charge in [-0.05, 0) is 37.1 Å². The molecule has 0 spiro atoms. The molecule has 0 unspecified atom stereocenters. The van der Waals surface area contributed by atoms with E-state index in [1.165, 1.54) is 51.4 Å². The largest absolute Gasteiger partial charge is 0.355 e. The number of nitriles is 1. The van der Waals surface area contributed by atoms with Crippen LogP contribution in [0.5, 0.6) is 0 Å². The molecule has 0 aliphatic heterocycles. The summed E-state index contributed by atoms with van der Waals surface area (Å²) in [5, 5.41) is 14.7. The molecular formula is C26H33N5. The van der Waals surface area contributed by atoms with Gasteiger partial charge in [-0.1, -0.05) is 75.0 Å². The fraction of sp³-hybridized carbons (Fsp3) is 0.423. The second-order valence-electron chi connectivity index (χ2n) is 7.43. The SMILES string of the molecule is N#CNC(=Nc1ccncc1)NCCCCCCCCCCCC#Cc1ccccc1. The van der Waals surface area contributed by atoms with Crippen molar-refractivity contribution in [1.29, 1.82) is 5.26 Å². The molecule has 0 saturated heterocycles. The van der Waals surface area contributed by atoms with Crippen molar-refractivity contribution in [3.8, 4) is 18.0 Å². The third-order valence-corrected chi connectivity index (χ3v) is 4.86. The van der Waals surface area contributed by atoms with Crippen molar-refractivity contribution >= 4 is 11.6 Å². The fourth-order valence-corrected chi connectivity index (χ4v) is 3.18. The highest BCUT2D eigenvalue weighted by atomic mass is 15.2. The Morgan fingerprint density at radius 2 is 1.48 bits per heavy atom. The number of aliphatic imine (C=N–C) groups is 1. The average Bonchev–Trinajstić information content (AvgIpc) is 2.80. The van der Waals surface area contributed by atoms with Gasteiger partial charge in [0, 0.05) is 30.9 Å². The summed E-state index contributed by atoms with van der Waals surface area (Å²) in [6.45, 7) is 0.808. The zero-order valence-electron chi connectivity index (χ0n) is 18.3. The first-order chi connectivity index (χ1) is 15.4. The van der Waals surface area contributed by atoms with Gasteiger partial charge in [0.15, 0.2) is 6.19 Å². The van der Waals surface area contributed by atoms with E-state index in [0.717, 1.165) is 30.6 Å². The number of benzene rings is 1. The second kappa shape index (κ2) is 16.5. The normalized spacial score (nSPS) is 10.6. The molecular weight excluding hydrogens is 382 g/mol. The van der Waals surface area contributed by atoms with Crippen molar-refractivity contribution in [2.24, 2.45) is 4.99 Å². The lowest BCUT2D eigenvalue weighted by molar-refractivity contribution is 0.558. The molecule has 1 aromatic heterocycles. The minimum absolute atomic E-state index is 0.488. The molecule has 0 fully saturated rings. The van der Waals surface area contributed by atoms with Gasteiger partial charge in [-0.25, -0.2) is 4.99 Å². The van der Waals surface area contributed by atoms with E-state index in [4.69, 9.17) is 5.26 Å². The lowest BCUT2D eigenvalue weighted by Gasteiger charge is -2.08. The number of hydrogen-bond donors (Lipinski definition) is 2. The first-order valence-corrected chi connectivity index (χ1v) is 11.3. The number of hydrogen-bond acceptors (Lipinski definition) is 3. The third kappa shape index (κ3) is 12.1. The van der Waals surface area contributed by atoms with Crippen molar-refractivity contribution in [1.82, 2.24) is 15.6 Å². The number of pyridine rings is 1. The second-order valence-corrected chi connectivity index (χ2v) is 7.43. The van der Waals surface area contributed by atoms with Crippen molar-refractivity contribution in [3.05, 3.63) is 60.4 Å². The molecule has 0 aliphatic rings. The number of nitrogens with zero attached hydrogens (tertiary/aromatic N) is 3. The van der Waals surface area contributed by atoms with Crippen molar-refractivity contribution in [2.45, 2.75) is 64.2 Å². The van der Waals surface area contributed by atoms with Crippen LogP contribution in [0.3, 0.4) is 0 Å². The zero-order chi connectivity index (χ0) is 21.8. The van der Waals surface area contributed by atoms with Gasteiger partial charge in [0.2, 0.25) is 5.96 Å². The summed E-state index contributed by atoms with van der Waals surface area (Å²) in [5.74, 6) is 6.98. The molecule has 0 aliphatic carbocycles. The summed E-state index contributed by atoms with van der Waals surface area (Å²) in [4.78, 5) is 8.35. The van der Waals surface area contributed by atoms with Crippen LogP contribution in [0.1, 0.15) is 69.8 Å². The Bertz CT molecular complexity index is 844. The van der Waals surface area contributed by atoms with Crippen LogP contribution in [0, 0.1) is 23.3 Å². The summed E-state index contributed by atoms with van der Waals surface area (Å²) < 4.78 is 0. The summed E-state index contributed by atoms with van der Waals surface area (Å²) in [7, 11) is 0. The van der Waals surface area contributed by atoms with E-state index in [9.17, 15) is 0 Å². The van der Waals surface area contributed by atoms with E-state index >= 15 is 0 Å². The van der Waals surface area contributed by atoms with Crippen molar-refractivity contribution < 1.29 is 0 Å². The topological polar surface area (TPSA) is 73.1 Å². The van der Waals surface area contributed by atoms with Crippen LogP contribution in [-0.4, -0.2) is 17.5 Å². The zero-order valence-corrected chi connectivity index (χ0v) is 18.3. The Kier molecular flexibility index (Phi) is 12.7. The van der Waals surface area contributed by atoms with Crippen LogP contribution in [0.4, 0.5) is 5.69 Å². The molecule has 2 aromatic rings. The number of guanidine groups is 1. The highest BCUT2D eigenvalue weighted by Gasteiger charge is 1.98. The molecule has 2 rings (SSSR count). The number of nitrogens with one attached hydrogen (secondary N) is 2. The van der Waals surface area contributed by atoms with Crippen LogP contribution in [0.15, 0.2) is 59.9 Å². The van der Waals surface area contributed by atoms with Crippen molar-refractivity contribution in [2.75, 3.05) is 6.54 Å². The average molecular weight is 416 g/mol. The predicted octanol–water partition coefficient (Wildman–Crippen LogP) is 5.68. The predicted molar refractivity (Wildman–Crippen MR) is 128 cm³/mol. The van der Waals surface area contributed by atoms with Gasteiger partial charge in [0.1, 0.15) is 0 Å². The van der Waals surface area contributed by atoms with Crippen LogP contribution in [-0.2, 0) is 0 Å². The van der Waals surface area contributed by atoms with E-state index in [1.54, 1.807) is 24.5 Å². The maximum absolute atomic E-state index is 8.87. The maximum atomic E-state index is 8.87. The number of unbranched alkanes of at least 4 members (excludes halogenated alkanes) is 9. The van der Waals surface area contributed by atoms with Crippen LogP contribution in [0.25, 0.3) is 0 Å². The molecule has 0 saturated carbocycles. The molecule has 0 bridgehead atoms. The Labute approximate surface area is 187 Å². The standard InChI is InChI=1S/C26H33N5/c27-23-30-26(31-25-18-21-28-22-19-25)29-20-14-9-7-5-3-1-2-4-6-8-11-15-24-16-12-10-13-17-24/h10,12-13,16-19,21-22H,1-9,14,20H2,(H2,28,29,30,31). The van der Waals surface area contributed by atoms with E-state index in [1.807, 2.05) is 24.4 Å². The van der Waals surface area contributed by atoms with Gasteiger partial charge in [-0.3, -0.25) is 10.3 Å². The Morgan fingerprint density at radius 1 is 0.839 bits per heavy atom. The Morgan fingerprint density at radius 3 is 2.16 bits per heavy atom. The van der Waals surface area contributed by atoms with Gasteiger partial charge in [0.05, 0.1) is 5.69 Å². The quantitative estimate of drug-likeness (QED) is 0.117. The van der Waals surface area contributed by atoms with Crippen LogP contribution in [0.2, 0.25) is 0 Å². The van der Waals surface area contributed by atoms with E-state index in [0.29, 0.717) is 5.96 Å². The molecule has 5 nitrogen and oxygen atoms in total. The summed E-state index contributed by atoms with van der Waals surface area (Å²) in [5.41, 5.74) is 1.87. The molecule has 2 N–H and O–H groups in total. The van der Waals surface area contributed by atoms with Gasteiger partial charge < -0.3 is 5.32 Å². The lowest BCUT2D eigenvalue weighted by Crippen LogP contribution is -2.34. The highest BCUT2D eigenvalue weighted by Crippen LogP contribution is 2.11. The Balaban J connectivity index is 1.42. The van der Waals surface area contributed by atoms with Gasteiger partial charge in [-0.15, -0.1) is 0 Å². The molecule has 0 atom stereocenters. The molecule has 0 amide bonds. The number of aromatic nitrogens is 1. The molecule has 1 heterocycles. The summed E-state index contributed by atoms with van der Waals surface area (Å²) in [6.07, 6.45) is 17.5. The fourth-order valence-electron chi connectivity index (χ4n) is 3.18. The third-order valence-electron chi connectivity index (χ3n) is 4.86. The van der Waals surface area contributed by atoms with Crippen LogP contribution < -0.4 is 10.6 Å².